The van der Waals surface area contributed by atoms with Gasteiger partial charge in [-0.05, 0) is 12.1 Å². The molecule has 2 aromatic carbocycles. The van der Waals surface area contributed by atoms with Gasteiger partial charge in [-0.1, -0.05) is 0 Å². The van der Waals surface area contributed by atoms with E-state index in [0.29, 0.717) is 5.75 Å². The van der Waals surface area contributed by atoms with Gasteiger partial charge in [0, 0.05) is 17.5 Å². The van der Waals surface area contributed by atoms with Crippen molar-refractivity contribution in [1.29, 1.82) is 0 Å². The van der Waals surface area contributed by atoms with Gasteiger partial charge in [-0.15, -0.1) is 11.3 Å². The SMILES string of the molecule is COC(=O)c1scc(NC(=O)Nc2cc(OCc3c(F)ccc4c3OCO4)c(OC)cc2F)c1C(=O)O. The maximum absolute atomic E-state index is 14.7. The van der Waals surface area contributed by atoms with Gasteiger partial charge in [0.2, 0.25) is 6.79 Å². The fraction of sp³-hybridized carbons (Fsp3) is 0.174. The van der Waals surface area contributed by atoms with Crippen LogP contribution in [0.25, 0.3) is 0 Å². The molecule has 37 heavy (non-hydrogen) atoms. The highest BCUT2D eigenvalue weighted by molar-refractivity contribution is 7.13. The lowest BCUT2D eigenvalue weighted by Gasteiger charge is -2.15. The third-order valence-corrected chi connectivity index (χ3v) is 6.04. The molecule has 0 saturated heterocycles. The average Bonchev–Trinajstić information content (AvgIpc) is 3.51. The van der Waals surface area contributed by atoms with Crippen LogP contribution in [0, 0.1) is 11.6 Å². The Bertz CT molecular complexity index is 1390. The maximum atomic E-state index is 14.7. The zero-order valence-electron chi connectivity index (χ0n) is 19.2. The Hall–Kier alpha value is -4.59. The third-order valence-electron chi connectivity index (χ3n) is 5.08. The highest BCUT2D eigenvalue weighted by Crippen LogP contribution is 2.39. The standard InChI is InChI=1S/C23H18F2N2O9S/c1-32-16-5-12(25)13(6-17(16)34-7-10-11(24)3-4-15-19(10)36-9-35-15)26-23(31)27-14-8-37-20(22(30)33-2)18(14)21(28)29/h3-6,8H,7,9H2,1-2H3,(H,28,29)(H2,26,27,31). The van der Waals surface area contributed by atoms with Crippen LogP contribution in [-0.2, 0) is 11.3 Å². The Balaban J connectivity index is 1.54. The number of ether oxygens (including phenoxy) is 5. The molecule has 3 aromatic rings. The molecule has 0 bridgehead atoms. The number of nitrogens with one attached hydrogen (secondary N) is 2. The number of aromatic carboxylic acids is 1. The predicted molar refractivity (Wildman–Crippen MR) is 125 cm³/mol. The molecule has 2 heterocycles. The minimum atomic E-state index is -1.47. The Kier molecular flexibility index (Phi) is 7.29. The van der Waals surface area contributed by atoms with Crippen molar-refractivity contribution in [2.75, 3.05) is 31.6 Å². The van der Waals surface area contributed by atoms with Crippen LogP contribution in [0.5, 0.6) is 23.0 Å². The molecule has 4 rings (SSSR count). The van der Waals surface area contributed by atoms with Gasteiger partial charge in [0.15, 0.2) is 28.8 Å². The molecule has 0 saturated carbocycles. The number of hydrogen-bond donors (Lipinski definition) is 3. The zero-order valence-corrected chi connectivity index (χ0v) is 20.0. The smallest absolute Gasteiger partial charge is 0.349 e. The number of esters is 1. The first kappa shape index (κ1) is 25.5. The molecule has 0 unspecified atom stereocenters. The summed E-state index contributed by atoms with van der Waals surface area (Å²) in [5.41, 5.74) is -0.966. The first-order valence-corrected chi connectivity index (χ1v) is 11.2. The van der Waals surface area contributed by atoms with Crippen molar-refractivity contribution in [3.63, 3.8) is 0 Å². The molecule has 1 aliphatic rings. The summed E-state index contributed by atoms with van der Waals surface area (Å²) in [5, 5.41) is 15.2. The number of benzene rings is 2. The molecule has 194 valence electrons. The molecular formula is C23H18F2N2O9S. The second-order valence-electron chi connectivity index (χ2n) is 7.26. The number of carbonyl (C=O) groups excluding carboxylic acids is 2. The number of thiophene rings is 1. The van der Waals surface area contributed by atoms with Gasteiger partial charge in [-0.25, -0.2) is 23.2 Å². The summed E-state index contributed by atoms with van der Waals surface area (Å²) in [7, 11) is 2.35. The summed E-state index contributed by atoms with van der Waals surface area (Å²) in [6.45, 7) is -0.414. The third kappa shape index (κ3) is 5.18. The molecule has 0 atom stereocenters. The number of rotatable bonds is 8. The number of carboxylic acid groups (broad SMARTS) is 1. The first-order valence-electron chi connectivity index (χ1n) is 10.3. The van der Waals surface area contributed by atoms with E-state index in [0.717, 1.165) is 30.6 Å². The molecular weight excluding hydrogens is 518 g/mol. The number of amides is 2. The minimum absolute atomic E-state index is 0.0372. The predicted octanol–water partition coefficient (Wildman–Crippen LogP) is 4.47. The number of hydrogen-bond acceptors (Lipinski definition) is 9. The van der Waals surface area contributed by atoms with Gasteiger partial charge >= 0.3 is 18.0 Å². The summed E-state index contributed by atoms with van der Waals surface area (Å²) in [6, 6.07) is 3.64. The minimum Gasteiger partial charge on any atom is -0.493 e. The van der Waals surface area contributed by atoms with Crippen molar-refractivity contribution in [3.05, 3.63) is 57.3 Å². The summed E-state index contributed by atoms with van der Waals surface area (Å²) < 4.78 is 54.9. The first-order chi connectivity index (χ1) is 17.7. The Morgan fingerprint density at radius 1 is 1.05 bits per heavy atom. The molecule has 3 N–H and O–H groups in total. The van der Waals surface area contributed by atoms with E-state index in [1.807, 2.05) is 0 Å². The van der Waals surface area contributed by atoms with Crippen LogP contribution in [0.4, 0.5) is 25.0 Å². The molecule has 0 spiro atoms. The molecule has 0 radical (unpaired) electrons. The van der Waals surface area contributed by atoms with E-state index in [1.165, 1.54) is 24.6 Å². The largest absolute Gasteiger partial charge is 0.493 e. The van der Waals surface area contributed by atoms with Gasteiger partial charge < -0.3 is 39.4 Å². The lowest BCUT2D eigenvalue weighted by molar-refractivity contribution is 0.0589. The summed E-state index contributed by atoms with van der Waals surface area (Å²) in [5.74, 6) is -3.44. The summed E-state index contributed by atoms with van der Waals surface area (Å²) in [6.07, 6.45) is 0. The number of methoxy groups -OCH3 is 2. The number of halogens is 2. The molecule has 2 amide bonds. The normalized spacial score (nSPS) is 11.6. The topological polar surface area (TPSA) is 142 Å². The van der Waals surface area contributed by atoms with E-state index in [2.05, 4.69) is 15.4 Å². The van der Waals surface area contributed by atoms with Gasteiger partial charge in [0.25, 0.3) is 0 Å². The molecule has 1 aliphatic heterocycles. The van der Waals surface area contributed by atoms with Gasteiger partial charge in [0.1, 0.15) is 22.9 Å². The van der Waals surface area contributed by atoms with Crippen molar-refractivity contribution in [2.45, 2.75) is 6.61 Å². The Morgan fingerprint density at radius 2 is 1.81 bits per heavy atom. The van der Waals surface area contributed by atoms with E-state index >= 15 is 0 Å². The highest BCUT2D eigenvalue weighted by atomic mass is 32.1. The fourth-order valence-electron chi connectivity index (χ4n) is 3.37. The zero-order chi connectivity index (χ0) is 26.7. The molecule has 11 nitrogen and oxygen atoms in total. The summed E-state index contributed by atoms with van der Waals surface area (Å²) >= 11 is 0.752. The number of fused-ring (bicyclic) bond motifs is 1. The fourth-order valence-corrected chi connectivity index (χ4v) is 4.28. The van der Waals surface area contributed by atoms with Crippen LogP contribution in [0.15, 0.2) is 29.6 Å². The molecule has 1 aromatic heterocycles. The van der Waals surface area contributed by atoms with Gasteiger partial charge in [0.05, 0.1) is 31.2 Å². The van der Waals surface area contributed by atoms with Crippen LogP contribution in [-0.4, -0.2) is 44.1 Å². The summed E-state index contributed by atoms with van der Waals surface area (Å²) in [4.78, 5) is 35.7. The molecule has 14 heteroatoms. The monoisotopic (exact) mass is 536 g/mol. The van der Waals surface area contributed by atoms with E-state index in [4.69, 9.17) is 18.9 Å². The van der Waals surface area contributed by atoms with Crippen molar-refractivity contribution in [2.24, 2.45) is 0 Å². The van der Waals surface area contributed by atoms with Crippen LogP contribution in [0.1, 0.15) is 25.6 Å². The number of carboxylic acids is 1. The van der Waals surface area contributed by atoms with E-state index in [1.54, 1.807) is 0 Å². The Labute approximate surface area is 211 Å². The molecule has 0 aliphatic carbocycles. The number of carbonyl (C=O) groups is 3. The van der Waals surface area contributed by atoms with Crippen molar-refractivity contribution in [3.8, 4) is 23.0 Å². The van der Waals surface area contributed by atoms with Crippen molar-refractivity contribution in [1.82, 2.24) is 0 Å². The van der Waals surface area contributed by atoms with Crippen LogP contribution >= 0.6 is 11.3 Å². The second-order valence-corrected chi connectivity index (χ2v) is 8.14. The van der Waals surface area contributed by atoms with E-state index in [-0.39, 0.29) is 52.5 Å². The highest BCUT2D eigenvalue weighted by Gasteiger charge is 2.26. The molecule has 0 fully saturated rings. The van der Waals surface area contributed by atoms with Gasteiger partial charge in [-0.2, -0.15) is 0 Å². The Morgan fingerprint density at radius 3 is 2.51 bits per heavy atom. The van der Waals surface area contributed by atoms with Gasteiger partial charge in [-0.3, -0.25) is 0 Å². The number of anilines is 2. The van der Waals surface area contributed by atoms with Crippen molar-refractivity contribution >= 4 is 40.7 Å². The second kappa shape index (κ2) is 10.6. The van der Waals surface area contributed by atoms with Crippen LogP contribution in [0.2, 0.25) is 0 Å². The average molecular weight is 536 g/mol. The van der Waals surface area contributed by atoms with E-state index < -0.39 is 35.2 Å². The lowest BCUT2D eigenvalue weighted by atomic mass is 10.2. The maximum Gasteiger partial charge on any atom is 0.349 e. The van der Waals surface area contributed by atoms with Crippen molar-refractivity contribution < 1.29 is 52.0 Å². The van der Waals surface area contributed by atoms with Crippen LogP contribution in [0.3, 0.4) is 0 Å². The lowest BCUT2D eigenvalue weighted by Crippen LogP contribution is -2.21. The van der Waals surface area contributed by atoms with Crippen LogP contribution < -0.4 is 29.6 Å². The quantitative estimate of drug-likeness (QED) is 0.356. The van der Waals surface area contributed by atoms with E-state index in [9.17, 15) is 28.3 Å². The number of urea groups is 1.